The Bertz CT molecular complexity index is 440. The number of rotatable bonds is 4. The van der Waals surface area contributed by atoms with Gasteiger partial charge in [0.1, 0.15) is 18.2 Å². The summed E-state index contributed by atoms with van der Waals surface area (Å²) in [7, 11) is 1.50. The Labute approximate surface area is 104 Å². The highest BCUT2D eigenvalue weighted by Gasteiger charge is 2.15. The fraction of sp³-hybridized carbons (Fsp3) is 0.200. The first kappa shape index (κ1) is 15.2. The Morgan fingerprint density at radius 2 is 2.18 bits per heavy atom. The van der Waals surface area contributed by atoms with E-state index in [0.717, 1.165) is 0 Å². The maximum atomic E-state index is 13.4. The third kappa shape index (κ3) is 3.60. The maximum absolute atomic E-state index is 13.4. The first-order chi connectivity index (χ1) is 7.43. The molecule has 0 unspecified atom stereocenters. The largest absolute Gasteiger partial charge is 0.480 e. The zero-order chi connectivity index (χ0) is 12.3. The fourth-order valence-electron chi connectivity index (χ4n) is 1.39. The van der Waals surface area contributed by atoms with Crippen LogP contribution in [0.2, 0.25) is 0 Å². The van der Waals surface area contributed by atoms with Crippen LogP contribution in [0.3, 0.4) is 0 Å². The van der Waals surface area contributed by atoms with Crippen molar-refractivity contribution in [2.24, 2.45) is 5.73 Å². The molecule has 4 N–H and O–H groups in total. The Kier molecular flexibility index (Phi) is 5.40. The van der Waals surface area contributed by atoms with Gasteiger partial charge in [-0.25, -0.2) is 4.39 Å². The summed E-state index contributed by atoms with van der Waals surface area (Å²) >= 11 is 0. The maximum Gasteiger partial charge on any atom is 0.323 e. The summed E-state index contributed by atoms with van der Waals surface area (Å²) in [5.41, 5.74) is 5.46. The zero-order valence-corrected chi connectivity index (χ0v) is 9.92. The molecule has 17 heavy (non-hydrogen) atoms. The van der Waals surface area contributed by atoms with E-state index in [1.165, 1.54) is 30.1 Å². The van der Waals surface area contributed by atoms with Crippen molar-refractivity contribution in [2.75, 3.05) is 18.5 Å². The molecule has 5 nitrogen and oxygen atoms in total. The number of anilines is 1. The van der Waals surface area contributed by atoms with Crippen LogP contribution in [0.1, 0.15) is 5.56 Å². The molecule has 0 aliphatic heterocycles. The second-order valence-corrected chi connectivity index (χ2v) is 3.30. The summed E-state index contributed by atoms with van der Waals surface area (Å²) in [5, 5.41) is 15.9. The van der Waals surface area contributed by atoms with Crippen molar-refractivity contribution in [2.45, 2.75) is 0 Å². The number of nitrogens with two attached hydrogens (primary N) is 1. The Morgan fingerprint density at radius 1 is 1.59 bits per heavy atom. The number of nitrogen functional groups attached to an aromatic ring is 1. The number of benzene rings is 1. The van der Waals surface area contributed by atoms with E-state index in [-0.39, 0.29) is 30.2 Å². The molecule has 1 rings (SSSR count). The van der Waals surface area contributed by atoms with Gasteiger partial charge in [0.2, 0.25) is 0 Å². The number of halogens is 2. The Hall–Kier alpha value is -1.82. The van der Waals surface area contributed by atoms with Gasteiger partial charge in [-0.2, -0.15) is 0 Å². The summed E-state index contributed by atoms with van der Waals surface area (Å²) in [6.45, 7) is -0.288. The molecule has 0 spiro atoms. The van der Waals surface area contributed by atoms with Gasteiger partial charge in [-0.15, -0.1) is 12.4 Å². The smallest absolute Gasteiger partial charge is 0.323 e. The second kappa shape index (κ2) is 6.05. The molecule has 1 aromatic rings. The minimum atomic E-state index is -1.04. The van der Waals surface area contributed by atoms with Crippen LogP contribution in [0.25, 0.3) is 0 Å². The number of likely N-dealkylation sites (N-methyl/N-ethyl adjacent to an activating group) is 1. The van der Waals surface area contributed by atoms with Gasteiger partial charge in [-0.05, 0) is 12.1 Å². The first-order valence-corrected chi connectivity index (χ1v) is 4.49. The van der Waals surface area contributed by atoms with Crippen molar-refractivity contribution in [3.63, 3.8) is 0 Å². The molecule has 94 valence electrons. The number of nitrogens with one attached hydrogen (secondary N) is 1. The molecule has 0 saturated carbocycles. The highest BCUT2D eigenvalue weighted by molar-refractivity contribution is 6.01. The molecule has 7 heteroatoms. The molecule has 0 aliphatic rings. The third-order valence-corrected chi connectivity index (χ3v) is 2.04. The molecule has 0 saturated heterocycles. The summed E-state index contributed by atoms with van der Waals surface area (Å²) in [5.74, 6) is -2.10. The van der Waals surface area contributed by atoms with Crippen molar-refractivity contribution in [3.05, 3.63) is 29.6 Å². The quantitative estimate of drug-likeness (QED) is 0.558. The fourth-order valence-corrected chi connectivity index (χ4v) is 1.39. The van der Waals surface area contributed by atoms with Crippen molar-refractivity contribution < 1.29 is 14.3 Å². The van der Waals surface area contributed by atoms with Crippen LogP contribution >= 0.6 is 12.4 Å². The van der Waals surface area contributed by atoms with Gasteiger partial charge in [0.05, 0.1) is 11.3 Å². The summed E-state index contributed by atoms with van der Waals surface area (Å²) < 4.78 is 13.4. The number of carboxylic acids is 1. The van der Waals surface area contributed by atoms with Crippen LogP contribution in [0.15, 0.2) is 18.2 Å². The van der Waals surface area contributed by atoms with Crippen LogP contribution in [-0.2, 0) is 4.79 Å². The van der Waals surface area contributed by atoms with E-state index in [1.807, 2.05) is 0 Å². The minimum absolute atomic E-state index is 0. The van der Waals surface area contributed by atoms with Crippen LogP contribution in [0, 0.1) is 11.2 Å². The molecule has 0 bridgehead atoms. The van der Waals surface area contributed by atoms with Crippen LogP contribution in [0.4, 0.5) is 10.1 Å². The van der Waals surface area contributed by atoms with Crippen LogP contribution in [-0.4, -0.2) is 30.5 Å². The minimum Gasteiger partial charge on any atom is -0.480 e. The van der Waals surface area contributed by atoms with E-state index in [4.69, 9.17) is 16.2 Å². The van der Waals surface area contributed by atoms with Gasteiger partial charge >= 0.3 is 5.97 Å². The number of hydrogen-bond donors (Lipinski definition) is 3. The molecule has 0 heterocycles. The SMILES string of the molecule is CN(CC(=O)O)c1cccc(F)c1C(=N)N.Cl. The van der Waals surface area contributed by atoms with E-state index in [9.17, 15) is 9.18 Å². The predicted octanol–water partition coefficient (Wildman–Crippen LogP) is 1.05. The van der Waals surface area contributed by atoms with Gasteiger partial charge in [0, 0.05) is 7.05 Å². The average Bonchev–Trinajstić information content (AvgIpc) is 2.15. The van der Waals surface area contributed by atoms with Gasteiger partial charge in [-0.3, -0.25) is 10.2 Å². The molecule has 0 amide bonds. The summed E-state index contributed by atoms with van der Waals surface area (Å²) in [4.78, 5) is 11.9. The molecule has 0 aliphatic carbocycles. The molecule has 1 aromatic carbocycles. The number of aliphatic carboxylic acids is 1. The molecular formula is C10H13ClFN3O2. The first-order valence-electron chi connectivity index (χ1n) is 4.49. The third-order valence-electron chi connectivity index (χ3n) is 2.04. The average molecular weight is 262 g/mol. The lowest BCUT2D eigenvalue weighted by atomic mass is 10.1. The molecule has 0 radical (unpaired) electrons. The number of hydrogen-bond acceptors (Lipinski definition) is 3. The van der Waals surface area contributed by atoms with Gasteiger partial charge in [-0.1, -0.05) is 6.07 Å². The normalized spacial score (nSPS) is 9.29. The molecular weight excluding hydrogens is 249 g/mol. The lowest BCUT2D eigenvalue weighted by Gasteiger charge is -2.20. The highest BCUT2D eigenvalue weighted by atomic mass is 35.5. The van der Waals surface area contributed by atoms with E-state index in [2.05, 4.69) is 0 Å². The second-order valence-electron chi connectivity index (χ2n) is 3.30. The lowest BCUT2D eigenvalue weighted by Crippen LogP contribution is -2.28. The van der Waals surface area contributed by atoms with E-state index >= 15 is 0 Å². The number of nitrogens with zero attached hydrogens (tertiary/aromatic N) is 1. The van der Waals surface area contributed by atoms with Crippen molar-refractivity contribution in [1.82, 2.24) is 0 Å². The Balaban J connectivity index is 0.00000256. The molecule has 0 fully saturated rings. The number of amidine groups is 1. The topological polar surface area (TPSA) is 90.4 Å². The van der Waals surface area contributed by atoms with E-state index in [0.29, 0.717) is 0 Å². The van der Waals surface area contributed by atoms with Crippen LogP contribution in [0.5, 0.6) is 0 Å². The molecule has 0 atom stereocenters. The van der Waals surface area contributed by atoms with Gasteiger partial charge in [0.15, 0.2) is 0 Å². The van der Waals surface area contributed by atoms with Crippen molar-refractivity contribution in [3.8, 4) is 0 Å². The monoisotopic (exact) mass is 261 g/mol. The highest BCUT2D eigenvalue weighted by Crippen LogP contribution is 2.21. The number of carboxylic acid groups (broad SMARTS) is 1. The van der Waals surface area contributed by atoms with Gasteiger partial charge in [0.25, 0.3) is 0 Å². The van der Waals surface area contributed by atoms with E-state index < -0.39 is 17.6 Å². The van der Waals surface area contributed by atoms with Crippen molar-refractivity contribution >= 4 is 29.9 Å². The Morgan fingerprint density at radius 3 is 2.65 bits per heavy atom. The van der Waals surface area contributed by atoms with Crippen molar-refractivity contribution in [1.29, 1.82) is 5.41 Å². The van der Waals surface area contributed by atoms with Crippen LogP contribution < -0.4 is 10.6 Å². The van der Waals surface area contributed by atoms with E-state index in [1.54, 1.807) is 0 Å². The standard InChI is InChI=1S/C10H12FN3O2.ClH/c1-14(5-8(15)16)7-4-2-3-6(11)9(7)10(12)13;/h2-4H,5H2,1H3,(H3,12,13)(H,15,16);1H. The lowest BCUT2D eigenvalue weighted by molar-refractivity contribution is -0.135. The summed E-state index contributed by atoms with van der Waals surface area (Å²) in [6.07, 6.45) is 0. The molecule has 0 aromatic heterocycles. The summed E-state index contributed by atoms with van der Waals surface area (Å²) in [6, 6.07) is 4.13. The zero-order valence-electron chi connectivity index (χ0n) is 9.11. The number of carbonyl (C=O) groups is 1. The van der Waals surface area contributed by atoms with Gasteiger partial charge < -0.3 is 15.7 Å². The predicted molar refractivity (Wildman–Crippen MR) is 65.6 cm³/mol.